The Morgan fingerprint density at radius 2 is 1.83 bits per heavy atom. The first-order valence-electron chi connectivity index (χ1n) is 8.99. The average Bonchev–Trinajstić information content (AvgIpc) is 3.16. The van der Waals surface area contributed by atoms with E-state index >= 15 is 0 Å². The smallest absolute Gasteiger partial charge is 0.269 e. The number of amides is 2. The fraction of sp³-hybridized carbons (Fsp3) is 0.150. The summed E-state index contributed by atoms with van der Waals surface area (Å²) >= 11 is 2.57. The molecule has 0 aliphatic carbocycles. The standard InChI is InChI=1S/C20H18N4O4S2/c1-2-21-16(25)12-29-20-22-17(13-6-4-3-5-7-13)19(30-20)23-18(26)14-8-10-15(11-9-14)24(27)28/h3-11H,2,12H2,1H3,(H,21,25)(H,23,26). The van der Waals surface area contributed by atoms with Crippen LogP contribution in [0, 0.1) is 10.1 Å². The van der Waals surface area contributed by atoms with Gasteiger partial charge in [0.1, 0.15) is 10.7 Å². The highest BCUT2D eigenvalue weighted by atomic mass is 32.2. The van der Waals surface area contributed by atoms with Crippen LogP contribution in [0.2, 0.25) is 0 Å². The molecule has 0 radical (unpaired) electrons. The number of hydrogen-bond acceptors (Lipinski definition) is 7. The predicted molar refractivity (Wildman–Crippen MR) is 118 cm³/mol. The molecular formula is C20H18N4O4S2. The van der Waals surface area contributed by atoms with Crippen LogP contribution >= 0.6 is 23.1 Å². The van der Waals surface area contributed by atoms with Crippen molar-refractivity contribution < 1.29 is 14.5 Å². The number of benzene rings is 2. The van der Waals surface area contributed by atoms with Crippen LogP contribution in [-0.2, 0) is 4.79 Å². The summed E-state index contributed by atoms with van der Waals surface area (Å²) in [4.78, 5) is 39.3. The largest absolute Gasteiger partial charge is 0.356 e. The van der Waals surface area contributed by atoms with Crippen molar-refractivity contribution in [2.24, 2.45) is 0 Å². The van der Waals surface area contributed by atoms with Crippen LogP contribution in [0.5, 0.6) is 0 Å². The minimum atomic E-state index is -0.517. The monoisotopic (exact) mass is 442 g/mol. The highest BCUT2D eigenvalue weighted by Crippen LogP contribution is 2.37. The van der Waals surface area contributed by atoms with Crippen LogP contribution in [0.3, 0.4) is 0 Å². The topological polar surface area (TPSA) is 114 Å². The van der Waals surface area contributed by atoms with Crippen molar-refractivity contribution in [2.75, 3.05) is 17.6 Å². The summed E-state index contributed by atoms with van der Waals surface area (Å²) in [5, 5.41) is 16.9. The molecule has 1 heterocycles. The number of nitrogens with one attached hydrogen (secondary N) is 2. The number of nitro benzene ring substituents is 1. The number of anilines is 1. The minimum absolute atomic E-state index is 0.0849. The molecule has 0 aliphatic heterocycles. The van der Waals surface area contributed by atoms with Gasteiger partial charge in [0.2, 0.25) is 5.91 Å². The molecule has 1 aromatic heterocycles. The molecule has 0 bridgehead atoms. The Hall–Kier alpha value is -3.24. The van der Waals surface area contributed by atoms with Gasteiger partial charge in [0.15, 0.2) is 4.34 Å². The second-order valence-electron chi connectivity index (χ2n) is 6.02. The van der Waals surface area contributed by atoms with Crippen molar-refractivity contribution in [3.05, 3.63) is 70.3 Å². The molecule has 30 heavy (non-hydrogen) atoms. The number of carbonyl (C=O) groups is 2. The molecule has 2 aromatic carbocycles. The molecule has 0 unspecified atom stereocenters. The van der Waals surface area contributed by atoms with Crippen LogP contribution in [0.4, 0.5) is 10.7 Å². The highest BCUT2D eigenvalue weighted by molar-refractivity contribution is 8.01. The fourth-order valence-electron chi connectivity index (χ4n) is 2.52. The first kappa shape index (κ1) is 21.5. The summed E-state index contributed by atoms with van der Waals surface area (Å²) in [5.74, 6) is -0.257. The van der Waals surface area contributed by atoms with Crippen molar-refractivity contribution >= 4 is 45.6 Å². The van der Waals surface area contributed by atoms with Gasteiger partial charge in [-0.25, -0.2) is 4.98 Å². The van der Waals surface area contributed by atoms with Crippen molar-refractivity contribution in [3.8, 4) is 11.3 Å². The predicted octanol–water partition coefficient (Wildman–Crippen LogP) is 4.20. The Kier molecular flexibility index (Phi) is 7.15. The van der Waals surface area contributed by atoms with E-state index in [9.17, 15) is 19.7 Å². The van der Waals surface area contributed by atoms with Crippen LogP contribution in [-0.4, -0.2) is 34.0 Å². The van der Waals surface area contributed by atoms with E-state index < -0.39 is 10.8 Å². The summed E-state index contributed by atoms with van der Waals surface area (Å²) < 4.78 is 0.652. The first-order chi connectivity index (χ1) is 14.5. The lowest BCUT2D eigenvalue weighted by Gasteiger charge is -2.05. The Morgan fingerprint density at radius 3 is 2.47 bits per heavy atom. The van der Waals surface area contributed by atoms with Gasteiger partial charge in [-0.3, -0.25) is 19.7 Å². The van der Waals surface area contributed by atoms with Gasteiger partial charge in [0.25, 0.3) is 11.6 Å². The second-order valence-corrected chi connectivity index (χ2v) is 8.25. The van der Waals surface area contributed by atoms with Crippen LogP contribution in [0.25, 0.3) is 11.3 Å². The van der Waals surface area contributed by atoms with Gasteiger partial charge in [-0.05, 0) is 19.1 Å². The molecule has 2 N–H and O–H groups in total. The molecule has 0 fully saturated rings. The summed E-state index contributed by atoms with van der Waals surface area (Å²) in [6, 6.07) is 14.8. The maximum atomic E-state index is 12.7. The van der Waals surface area contributed by atoms with Gasteiger partial charge < -0.3 is 10.6 Å². The molecular weight excluding hydrogens is 424 g/mol. The molecule has 10 heteroatoms. The molecule has 2 amide bonds. The Bertz CT molecular complexity index is 1050. The summed E-state index contributed by atoms with van der Waals surface area (Å²) in [6.45, 7) is 2.41. The number of nitro groups is 1. The van der Waals surface area contributed by atoms with Gasteiger partial charge in [0, 0.05) is 29.8 Å². The van der Waals surface area contributed by atoms with Crippen molar-refractivity contribution in [3.63, 3.8) is 0 Å². The molecule has 0 saturated carbocycles. The van der Waals surface area contributed by atoms with Gasteiger partial charge in [-0.1, -0.05) is 53.4 Å². The third-order valence-electron chi connectivity index (χ3n) is 3.92. The number of non-ortho nitro benzene ring substituents is 1. The number of carbonyl (C=O) groups excluding carboxylic acids is 2. The van der Waals surface area contributed by atoms with Crippen LogP contribution in [0.15, 0.2) is 58.9 Å². The molecule has 0 aliphatic rings. The zero-order chi connectivity index (χ0) is 21.5. The van der Waals surface area contributed by atoms with E-state index in [-0.39, 0.29) is 17.3 Å². The molecule has 3 aromatic rings. The number of thioether (sulfide) groups is 1. The lowest BCUT2D eigenvalue weighted by Crippen LogP contribution is -2.24. The number of thiazole rings is 1. The van der Waals surface area contributed by atoms with Crippen molar-refractivity contribution in [1.82, 2.24) is 10.3 Å². The summed E-state index contributed by atoms with van der Waals surface area (Å²) in [5.41, 5.74) is 1.65. The van der Waals surface area contributed by atoms with Crippen LogP contribution in [0.1, 0.15) is 17.3 Å². The van der Waals surface area contributed by atoms with Gasteiger partial charge in [0.05, 0.1) is 10.7 Å². The second kappa shape index (κ2) is 9.99. The Morgan fingerprint density at radius 1 is 1.13 bits per heavy atom. The maximum Gasteiger partial charge on any atom is 0.269 e. The summed E-state index contributed by atoms with van der Waals surface area (Å²) in [6.07, 6.45) is 0. The van der Waals surface area contributed by atoms with E-state index in [1.54, 1.807) is 0 Å². The molecule has 3 rings (SSSR count). The van der Waals surface area contributed by atoms with Gasteiger partial charge in [-0.2, -0.15) is 0 Å². The zero-order valence-electron chi connectivity index (χ0n) is 16.0. The van der Waals surface area contributed by atoms with Gasteiger partial charge >= 0.3 is 0 Å². The molecule has 154 valence electrons. The molecule has 8 nitrogen and oxygen atoms in total. The molecule has 0 spiro atoms. The zero-order valence-corrected chi connectivity index (χ0v) is 17.6. The summed E-state index contributed by atoms with van der Waals surface area (Å²) in [7, 11) is 0. The van der Waals surface area contributed by atoms with Gasteiger partial charge in [-0.15, -0.1) is 0 Å². The first-order valence-corrected chi connectivity index (χ1v) is 10.8. The number of rotatable bonds is 8. The third-order valence-corrected chi connectivity index (χ3v) is 6.04. The average molecular weight is 443 g/mol. The van der Waals surface area contributed by atoms with Crippen molar-refractivity contribution in [1.29, 1.82) is 0 Å². The maximum absolute atomic E-state index is 12.7. The normalized spacial score (nSPS) is 10.4. The number of aromatic nitrogens is 1. The van der Waals surface area contributed by atoms with E-state index in [0.717, 1.165) is 5.56 Å². The molecule has 0 atom stereocenters. The quantitative estimate of drug-likeness (QED) is 0.307. The Labute approximate surface area is 180 Å². The minimum Gasteiger partial charge on any atom is -0.356 e. The van der Waals surface area contributed by atoms with E-state index in [4.69, 9.17) is 0 Å². The lowest BCUT2D eigenvalue weighted by atomic mass is 10.1. The third kappa shape index (κ3) is 5.43. The number of nitrogens with zero attached hydrogens (tertiary/aromatic N) is 2. The van der Waals surface area contributed by atoms with E-state index in [1.165, 1.54) is 47.4 Å². The SMILES string of the molecule is CCNC(=O)CSc1nc(-c2ccccc2)c(NC(=O)c2ccc([N+](=O)[O-])cc2)s1. The fourth-order valence-corrected chi connectivity index (χ4v) is 4.41. The van der Waals surface area contributed by atoms with E-state index in [2.05, 4.69) is 15.6 Å². The Balaban J connectivity index is 1.83. The number of hydrogen-bond donors (Lipinski definition) is 2. The van der Waals surface area contributed by atoms with E-state index in [0.29, 0.717) is 27.1 Å². The highest BCUT2D eigenvalue weighted by Gasteiger charge is 2.18. The van der Waals surface area contributed by atoms with Crippen LogP contribution < -0.4 is 10.6 Å². The van der Waals surface area contributed by atoms with E-state index in [1.807, 2.05) is 37.3 Å². The van der Waals surface area contributed by atoms with Crippen molar-refractivity contribution in [2.45, 2.75) is 11.3 Å². The lowest BCUT2D eigenvalue weighted by molar-refractivity contribution is -0.384. The molecule has 0 saturated heterocycles.